The van der Waals surface area contributed by atoms with Crippen LogP contribution >= 0.6 is 0 Å². The molecule has 1 aromatic carbocycles. The second kappa shape index (κ2) is 4.57. The fraction of sp³-hybridized carbons (Fsp3) is 0.500. The fourth-order valence-electron chi connectivity index (χ4n) is 3.12. The number of hydrogen-bond acceptors (Lipinski definition) is 3. The zero-order chi connectivity index (χ0) is 13.6. The summed E-state index contributed by atoms with van der Waals surface area (Å²) in [4.78, 5) is 0. The zero-order valence-electron chi connectivity index (χ0n) is 11.8. The van der Waals surface area contributed by atoms with Crippen molar-refractivity contribution in [3.8, 4) is 11.5 Å². The Morgan fingerprint density at radius 1 is 1.11 bits per heavy atom. The average molecular weight is 259 g/mol. The summed E-state index contributed by atoms with van der Waals surface area (Å²) in [5.74, 6) is 2.12. The third kappa shape index (κ3) is 1.93. The SMILES string of the molecule is Cc1c2c(c(/C=C/CN)c3c1OC(C)C3)OC(C)C2. The minimum atomic E-state index is 0.249. The minimum absolute atomic E-state index is 0.249. The van der Waals surface area contributed by atoms with E-state index in [2.05, 4.69) is 26.8 Å². The predicted molar refractivity (Wildman–Crippen MR) is 76.9 cm³/mol. The Bertz CT molecular complexity index is 509. The summed E-state index contributed by atoms with van der Waals surface area (Å²) in [7, 11) is 0. The molecule has 0 saturated heterocycles. The molecule has 0 radical (unpaired) electrons. The summed E-state index contributed by atoms with van der Waals surface area (Å²) in [6.07, 6.45) is 6.50. The summed E-state index contributed by atoms with van der Waals surface area (Å²) in [6.45, 7) is 6.92. The van der Waals surface area contributed by atoms with Crippen LogP contribution in [0.5, 0.6) is 11.5 Å². The van der Waals surface area contributed by atoms with E-state index in [4.69, 9.17) is 15.2 Å². The third-order valence-corrected chi connectivity index (χ3v) is 3.95. The number of ether oxygens (including phenoxy) is 2. The average Bonchev–Trinajstić information content (AvgIpc) is 2.93. The molecule has 3 rings (SSSR count). The lowest BCUT2D eigenvalue weighted by Crippen LogP contribution is -2.07. The summed E-state index contributed by atoms with van der Waals surface area (Å²) < 4.78 is 12.0. The van der Waals surface area contributed by atoms with Crippen molar-refractivity contribution < 1.29 is 9.47 Å². The lowest BCUT2D eigenvalue weighted by Gasteiger charge is -2.13. The predicted octanol–water partition coefficient (Wildman–Crippen LogP) is 2.61. The lowest BCUT2D eigenvalue weighted by molar-refractivity contribution is 0.252. The van der Waals surface area contributed by atoms with Crippen LogP contribution in [-0.4, -0.2) is 18.8 Å². The number of fused-ring (bicyclic) bond motifs is 2. The molecule has 0 spiro atoms. The molecule has 102 valence electrons. The Kier molecular flexibility index (Phi) is 3.02. The van der Waals surface area contributed by atoms with Gasteiger partial charge in [0.05, 0.1) is 0 Å². The van der Waals surface area contributed by atoms with E-state index in [1.54, 1.807) is 0 Å². The Balaban J connectivity index is 2.20. The second-order valence-electron chi connectivity index (χ2n) is 5.56. The molecular formula is C16H21NO2. The second-order valence-corrected chi connectivity index (χ2v) is 5.56. The van der Waals surface area contributed by atoms with Crippen LogP contribution in [0.3, 0.4) is 0 Å². The molecule has 1 aromatic rings. The first-order valence-corrected chi connectivity index (χ1v) is 7.00. The van der Waals surface area contributed by atoms with Crippen LogP contribution < -0.4 is 15.2 Å². The van der Waals surface area contributed by atoms with Gasteiger partial charge >= 0.3 is 0 Å². The molecule has 0 saturated carbocycles. The van der Waals surface area contributed by atoms with Gasteiger partial charge in [0.25, 0.3) is 0 Å². The van der Waals surface area contributed by atoms with Crippen LogP contribution in [-0.2, 0) is 12.8 Å². The normalized spacial score (nSPS) is 24.2. The Labute approximate surface area is 114 Å². The quantitative estimate of drug-likeness (QED) is 0.888. The molecule has 0 aliphatic carbocycles. The maximum atomic E-state index is 6.03. The molecule has 2 unspecified atom stereocenters. The molecule has 3 heteroatoms. The molecule has 2 aliphatic rings. The molecule has 0 fully saturated rings. The van der Waals surface area contributed by atoms with Gasteiger partial charge in [0.1, 0.15) is 23.7 Å². The molecule has 2 aliphatic heterocycles. The van der Waals surface area contributed by atoms with E-state index in [1.165, 1.54) is 22.3 Å². The number of nitrogens with two attached hydrogens (primary N) is 1. The van der Waals surface area contributed by atoms with Gasteiger partial charge in [0.2, 0.25) is 0 Å². The van der Waals surface area contributed by atoms with Gasteiger partial charge in [-0.2, -0.15) is 0 Å². The topological polar surface area (TPSA) is 44.5 Å². The first-order valence-electron chi connectivity index (χ1n) is 7.00. The van der Waals surface area contributed by atoms with Crippen LogP contribution in [0.4, 0.5) is 0 Å². The van der Waals surface area contributed by atoms with Crippen LogP contribution in [0.25, 0.3) is 6.08 Å². The van der Waals surface area contributed by atoms with E-state index < -0.39 is 0 Å². The number of rotatable bonds is 2. The Morgan fingerprint density at radius 2 is 1.74 bits per heavy atom. The van der Waals surface area contributed by atoms with Crippen molar-refractivity contribution >= 4 is 6.08 Å². The molecule has 2 atom stereocenters. The van der Waals surface area contributed by atoms with Crippen LogP contribution in [0.15, 0.2) is 6.08 Å². The molecule has 0 aromatic heterocycles. The highest BCUT2D eigenvalue weighted by Crippen LogP contribution is 2.46. The van der Waals surface area contributed by atoms with Crippen molar-refractivity contribution in [2.24, 2.45) is 5.73 Å². The lowest BCUT2D eigenvalue weighted by atomic mass is 9.93. The smallest absolute Gasteiger partial charge is 0.131 e. The third-order valence-electron chi connectivity index (χ3n) is 3.95. The van der Waals surface area contributed by atoms with Crippen molar-refractivity contribution in [2.75, 3.05) is 6.54 Å². The first-order chi connectivity index (χ1) is 9.11. The van der Waals surface area contributed by atoms with E-state index in [0.717, 1.165) is 24.3 Å². The van der Waals surface area contributed by atoms with E-state index in [-0.39, 0.29) is 12.2 Å². The van der Waals surface area contributed by atoms with E-state index in [9.17, 15) is 0 Å². The van der Waals surface area contributed by atoms with Gasteiger partial charge in [0.15, 0.2) is 0 Å². The van der Waals surface area contributed by atoms with Gasteiger partial charge in [-0.1, -0.05) is 12.2 Å². The van der Waals surface area contributed by atoms with E-state index in [1.807, 2.05) is 6.08 Å². The standard InChI is InChI=1S/C16H21NO2/c1-9-7-13-11(3)15-14(8-10(2)18-15)12(5-4-6-17)16(13)19-9/h4-5,9-10H,6-8,17H2,1-3H3/b5-4+. The maximum Gasteiger partial charge on any atom is 0.131 e. The molecule has 3 nitrogen and oxygen atoms in total. The summed E-state index contributed by atoms with van der Waals surface area (Å²) in [5.41, 5.74) is 10.6. The first kappa shape index (κ1) is 12.5. The number of benzene rings is 1. The van der Waals surface area contributed by atoms with Crippen molar-refractivity contribution in [1.82, 2.24) is 0 Å². The largest absolute Gasteiger partial charge is 0.490 e. The fourth-order valence-corrected chi connectivity index (χ4v) is 3.12. The van der Waals surface area contributed by atoms with Gasteiger partial charge in [-0.15, -0.1) is 0 Å². The number of hydrogen-bond donors (Lipinski definition) is 1. The molecule has 0 bridgehead atoms. The minimum Gasteiger partial charge on any atom is -0.490 e. The summed E-state index contributed by atoms with van der Waals surface area (Å²) in [6, 6.07) is 0. The van der Waals surface area contributed by atoms with Gasteiger partial charge in [0, 0.05) is 36.1 Å². The van der Waals surface area contributed by atoms with Crippen LogP contribution in [0.1, 0.15) is 36.1 Å². The molecule has 19 heavy (non-hydrogen) atoms. The van der Waals surface area contributed by atoms with Crippen molar-refractivity contribution in [1.29, 1.82) is 0 Å². The molecule has 2 N–H and O–H groups in total. The van der Waals surface area contributed by atoms with E-state index in [0.29, 0.717) is 6.54 Å². The Hall–Kier alpha value is -1.48. The van der Waals surface area contributed by atoms with Gasteiger partial charge in [-0.05, 0) is 26.3 Å². The van der Waals surface area contributed by atoms with Gasteiger partial charge < -0.3 is 15.2 Å². The van der Waals surface area contributed by atoms with Crippen LogP contribution in [0, 0.1) is 6.92 Å². The van der Waals surface area contributed by atoms with Gasteiger partial charge in [-0.3, -0.25) is 0 Å². The monoisotopic (exact) mass is 259 g/mol. The van der Waals surface area contributed by atoms with E-state index >= 15 is 0 Å². The van der Waals surface area contributed by atoms with Crippen molar-refractivity contribution in [2.45, 2.75) is 45.8 Å². The Morgan fingerprint density at radius 3 is 2.42 bits per heavy atom. The van der Waals surface area contributed by atoms with Gasteiger partial charge in [-0.25, -0.2) is 0 Å². The highest BCUT2D eigenvalue weighted by molar-refractivity contribution is 5.72. The zero-order valence-corrected chi connectivity index (χ0v) is 11.8. The highest BCUT2D eigenvalue weighted by Gasteiger charge is 2.33. The molecule has 0 amide bonds. The van der Waals surface area contributed by atoms with Crippen molar-refractivity contribution in [3.05, 3.63) is 28.3 Å². The summed E-state index contributed by atoms with van der Waals surface area (Å²) >= 11 is 0. The summed E-state index contributed by atoms with van der Waals surface area (Å²) in [5, 5.41) is 0. The van der Waals surface area contributed by atoms with Crippen molar-refractivity contribution in [3.63, 3.8) is 0 Å². The van der Waals surface area contributed by atoms with Crippen LogP contribution in [0.2, 0.25) is 0 Å². The molecule has 2 heterocycles. The highest BCUT2D eigenvalue weighted by atomic mass is 16.5. The maximum absolute atomic E-state index is 6.03. The molecular weight excluding hydrogens is 238 g/mol.